The molecule has 0 aromatic heterocycles. The second-order valence-electron chi connectivity index (χ2n) is 4.45. The fraction of sp³-hybridized carbons (Fsp3) is 0.500. The number of anilines is 1. The summed E-state index contributed by atoms with van der Waals surface area (Å²) < 4.78 is 9.52. The predicted octanol–water partition coefficient (Wildman–Crippen LogP) is 2.75. The van der Waals surface area contributed by atoms with Crippen LogP contribution in [0.1, 0.15) is 25.7 Å². The lowest BCUT2D eigenvalue weighted by atomic mass is 10.2. The lowest BCUT2D eigenvalue weighted by Crippen LogP contribution is -2.05. The van der Waals surface area contributed by atoms with Crippen molar-refractivity contribution < 1.29 is 19.2 Å². The molecule has 0 radical (unpaired) electrons. The van der Waals surface area contributed by atoms with E-state index < -0.39 is 4.92 Å². The van der Waals surface area contributed by atoms with Gasteiger partial charge in [-0.3, -0.25) is 14.9 Å². The Balaban J connectivity index is 2.41. The molecule has 0 saturated carbocycles. The molecule has 1 aromatic carbocycles. The van der Waals surface area contributed by atoms with Gasteiger partial charge in [0, 0.05) is 13.0 Å². The highest BCUT2D eigenvalue weighted by Crippen LogP contribution is 2.28. The molecular formula is C14H20N2O5. The fourth-order valence-corrected chi connectivity index (χ4v) is 1.84. The highest BCUT2D eigenvalue weighted by atomic mass is 16.6. The monoisotopic (exact) mass is 296 g/mol. The van der Waals surface area contributed by atoms with Gasteiger partial charge in [-0.2, -0.15) is 0 Å². The van der Waals surface area contributed by atoms with E-state index in [0.717, 1.165) is 19.3 Å². The number of carbonyl (C=O) groups excluding carboxylic acids is 1. The Morgan fingerprint density at radius 1 is 1.29 bits per heavy atom. The van der Waals surface area contributed by atoms with Crippen LogP contribution >= 0.6 is 0 Å². The maximum Gasteiger partial charge on any atom is 0.305 e. The Hall–Kier alpha value is -2.31. The molecule has 0 saturated heterocycles. The Kier molecular flexibility index (Phi) is 7.00. The summed E-state index contributed by atoms with van der Waals surface area (Å²) in [6, 6.07) is 4.69. The van der Waals surface area contributed by atoms with Gasteiger partial charge in [-0.1, -0.05) is 6.42 Å². The van der Waals surface area contributed by atoms with Gasteiger partial charge in [-0.15, -0.1) is 0 Å². The summed E-state index contributed by atoms with van der Waals surface area (Å²) in [6.07, 6.45) is 2.82. The molecule has 7 nitrogen and oxygen atoms in total. The Bertz CT molecular complexity index is 490. The molecule has 1 aromatic rings. The van der Waals surface area contributed by atoms with Crippen LogP contribution in [0, 0.1) is 10.1 Å². The van der Waals surface area contributed by atoms with E-state index in [9.17, 15) is 14.9 Å². The van der Waals surface area contributed by atoms with E-state index in [4.69, 9.17) is 4.74 Å². The van der Waals surface area contributed by atoms with E-state index >= 15 is 0 Å². The Labute approximate surface area is 123 Å². The predicted molar refractivity (Wildman–Crippen MR) is 78.6 cm³/mol. The number of hydrogen-bond acceptors (Lipinski definition) is 6. The van der Waals surface area contributed by atoms with Gasteiger partial charge in [0.1, 0.15) is 11.4 Å². The number of rotatable bonds is 9. The molecule has 0 heterocycles. The Morgan fingerprint density at radius 2 is 2.05 bits per heavy atom. The number of nitro benzene ring substituents is 1. The van der Waals surface area contributed by atoms with Crippen molar-refractivity contribution in [2.24, 2.45) is 0 Å². The molecule has 21 heavy (non-hydrogen) atoms. The number of carbonyl (C=O) groups is 1. The van der Waals surface area contributed by atoms with Gasteiger partial charge in [0.25, 0.3) is 5.69 Å². The number of unbranched alkanes of at least 4 members (excludes halogenated alkanes) is 2. The first kappa shape index (κ1) is 16.7. The van der Waals surface area contributed by atoms with Crippen molar-refractivity contribution in [3.05, 3.63) is 28.3 Å². The maximum absolute atomic E-state index is 11.0. The summed E-state index contributed by atoms with van der Waals surface area (Å²) in [5.74, 6) is 0.235. The van der Waals surface area contributed by atoms with Gasteiger partial charge in [0.2, 0.25) is 0 Å². The van der Waals surface area contributed by atoms with E-state index in [-0.39, 0.29) is 11.7 Å². The van der Waals surface area contributed by atoms with Crippen LogP contribution in [0.3, 0.4) is 0 Å². The van der Waals surface area contributed by atoms with Gasteiger partial charge < -0.3 is 14.8 Å². The summed E-state index contributed by atoms with van der Waals surface area (Å²) >= 11 is 0. The number of benzene rings is 1. The molecular weight excluding hydrogens is 276 g/mol. The van der Waals surface area contributed by atoms with Crippen molar-refractivity contribution in [3.63, 3.8) is 0 Å². The van der Waals surface area contributed by atoms with Crippen LogP contribution in [0.15, 0.2) is 18.2 Å². The zero-order valence-electron chi connectivity index (χ0n) is 12.3. The van der Waals surface area contributed by atoms with Crippen molar-refractivity contribution >= 4 is 17.3 Å². The average molecular weight is 296 g/mol. The van der Waals surface area contributed by atoms with Crippen LogP contribution < -0.4 is 10.1 Å². The molecule has 0 unspecified atom stereocenters. The minimum Gasteiger partial charge on any atom is -0.496 e. The van der Waals surface area contributed by atoms with Gasteiger partial charge in [-0.25, -0.2) is 0 Å². The van der Waals surface area contributed by atoms with Gasteiger partial charge >= 0.3 is 5.97 Å². The summed E-state index contributed by atoms with van der Waals surface area (Å²) in [5.41, 5.74) is 0.456. The van der Waals surface area contributed by atoms with Crippen LogP contribution in [0.5, 0.6) is 5.75 Å². The number of nitro groups is 1. The molecule has 0 atom stereocenters. The molecule has 0 aliphatic carbocycles. The van der Waals surface area contributed by atoms with Gasteiger partial charge in [0.05, 0.1) is 25.2 Å². The number of esters is 1. The highest BCUT2D eigenvalue weighted by molar-refractivity contribution is 5.69. The fourth-order valence-electron chi connectivity index (χ4n) is 1.84. The van der Waals surface area contributed by atoms with E-state index in [2.05, 4.69) is 10.1 Å². The molecule has 0 bridgehead atoms. The molecule has 116 valence electrons. The highest BCUT2D eigenvalue weighted by Gasteiger charge is 2.14. The molecule has 0 spiro atoms. The van der Waals surface area contributed by atoms with Crippen molar-refractivity contribution in [3.8, 4) is 5.75 Å². The third-order valence-electron chi connectivity index (χ3n) is 3.00. The zero-order chi connectivity index (χ0) is 15.7. The summed E-state index contributed by atoms with van der Waals surface area (Å²) in [7, 11) is 2.83. The molecule has 0 fully saturated rings. The summed E-state index contributed by atoms with van der Waals surface area (Å²) in [6.45, 7) is 0.605. The van der Waals surface area contributed by atoms with E-state index in [0.29, 0.717) is 24.4 Å². The number of nitrogens with zero attached hydrogens (tertiary/aromatic N) is 1. The standard InChI is InChI=1S/C14H20N2O5/c1-20-11-7-8-12(13(10-11)16(18)19)15-9-5-3-4-6-14(17)21-2/h7-8,10,15H,3-6,9H2,1-2H3. The third-order valence-corrected chi connectivity index (χ3v) is 3.00. The third kappa shape index (κ3) is 5.68. The van der Waals surface area contributed by atoms with Crippen LogP contribution in [0.25, 0.3) is 0 Å². The lowest BCUT2D eigenvalue weighted by Gasteiger charge is -2.08. The largest absolute Gasteiger partial charge is 0.496 e. The molecule has 0 amide bonds. The zero-order valence-corrected chi connectivity index (χ0v) is 12.3. The molecule has 1 N–H and O–H groups in total. The van der Waals surface area contributed by atoms with Crippen molar-refractivity contribution in [2.45, 2.75) is 25.7 Å². The molecule has 0 aliphatic heterocycles. The lowest BCUT2D eigenvalue weighted by molar-refractivity contribution is -0.384. The second kappa shape index (κ2) is 8.78. The van der Waals surface area contributed by atoms with E-state index in [1.807, 2.05) is 0 Å². The number of nitrogens with one attached hydrogen (secondary N) is 1. The van der Waals surface area contributed by atoms with Crippen molar-refractivity contribution in [1.82, 2.24) is 0 Å². The van der Waals surface area contributed by atoms with Crippen LogP contribution in [0.4, 0.5) is 11.4 Å². The van der Waals surface area contributed by atoms with Crippen molar-refractivity contribution in [2.75, 3.05) is 26.1 Å². The number of hydrogen-bond donors (Lipinski definition) is 1. The van der Waals surface area contributed by atoms with Gasteiger partial charge in [0.15, 0.2) is 0 Å². The van der Waals surface area contributed by atoms with Crippen molar-refractivity contribution in [1.29, 1.82) is 0 Å². The first-order valence-electron chi connectivity index (χ1n) is 6.71. The quantitative estimate of drug-likeness (QED) is 0.326. The first-order valence-corrected chi connectivity index (χ1v) is 6.71. The normalized spacial score (nSPS) is 10.0. The SMILES string of the molecule is COC(=O)CCCCCNc1ccc(OC)cc1[N+](=O)[O-]. The van der Waals surface area contributed by atoms with E-state index in [1.54, 1.807) is 12.1 Å². The molecule has 1 rings (SSSR count). The average Bonchev–Trinajstić information content (AvgIpc) is 2.50. The maximum atomic E-state index is 11.0. The molecule has 0 aliphatic rings. The number of methoxy groups -OCH3 is 2. The van der Waals surface area contributed by atoms with Crippen LogP contribution in [0.2, 0.25) is 0 Å². The Morgan fingerprint density at radius 3 is 2.67 bits per heavy atom. The minimum atomic E-state index is -0.442. The second-order valence-corrected chi connectivity index (χ2v) is 4.45. The van der Waals surface area contributed by atoms with Crippen LogP contribution in [-0.2, 0) is 9.53 Å². The smallest absolute Gasteiger partial charge is 0.305 e. The van der Waals surface area contributed by atoms with E-state index in [1.165, 1.54) is 20.3 Å². The first-order chi connectivity index (χ1) is 10.1. The minimum absolute atomic E-state index is 0.0103. The van der Waals surface area contributed by atoms with Gasteiger partial charge in [-0.05, 0) is 25.0 Å². The topological polar surface area (TPSA) is 90.7 Å². The molecule has 7 heteroatoms. The van der Waals surface area contributed by atoms with Crippen LogP contribution in [-0.4, -0.2) is 31.7 Å². The number of ether oxygens (including phenoxy) is 2. The summed E-state index contributed by atoms with van der Waals surface area (Å²) in [5, 5.41) is 14.0. The summed E-state index contributed by atoms with van der Waals surface area (Å²) in [4.78, 5) is 21.5.